The van der Waals surface area contributed by atoms with Crippen molar-refractivity contribution in [2.24, 2.45) is 11.8 Å². The summed E-state index contributed by atoms with van der Waals surface area (Å²) in [7, 11) is 0. The molecule has 1 N–H and O–H groups in total. The quantitative estimate of drug-likeness (QED) is 0.881. The minimum Gasteiger partial charge on any atom is -0.485 e. The molecule has 4 atom stereocenters. The molecule has 0 heterocycles. The summed E-state index contributed by atoms with van der Waals surface area (Å²) in [6, 6.07) is 4.28. The van der Waals surface area contributed by atoms with Crippen molar-refractivity contribution in [3.8, 4) is 5.75 Å². The van der Waals surface area contributed by atoms with Crippen LogP contribution in [0.25, 0.3) is 0 Å². The van der Waals surface area contributed by atoms with E-state index in [0.717, 1.165) is 31.9 Å². The van der Waals surface area contributed by atoms with Crippen molar-refractivity contribution in [2.45, 2.75) is 52.2 Å². The van der Waals surface area contributed by atoms with E-state index in [1.54, 1.807) is 0 Å². The average Bonchev–Trinajstić information content (AvgIpc) is 2.44. The fourth-order valence-corrected chi connectivity index (χ4v) is 3.28. The molecule has 1 aromatic rings. The Morgan fingerprint density at radius 1 is 1.24 bits per heavy atom. The Labute approximate surface area is 125 Å². The van der Waals surface area contributed by atoms with Gasteiger partial charge in [-0.25, -0.2) is 4.39 Å². The van der Waals surface area contributed by atoms with E-state index in [2.05, 4.69) is 26.1 Å². The summed E-state index contributed by atoms with van der Waals surface area (Å²) in [5, 5.41) is 3.50. The van der Waals surface area contributed by atoms with Crippen LogP contribution in [0.1, 0.15) is 40.0 Å². The second kappa shape index (κ2) is 7.21. The number of benzene rings is 1. The fraction of sp³-hybridized carbons (Fsp3) is 0.647. The molecule has 0 radical (unpaired) electrons. The predicted octanol–water partition coefficient (Wildman–Crippen LogP) is 4.15. The zero-order chi connectivity index (χ0) is 15.4. The Hall–Kier alpha value is -1.16. The maximum atomic E-state index is 13.8. The molecule has 0 bridgehead atoms. The Balaban J connectivity index is 2.15. The van der Waals surface area contributed by atoms with E-state index >= 15 is 0 Å². The molecule has 2 rings (SSSR count). The number of hydrogen-bond acceptors (Lipinski definition) is 2. The number of hydrogen-bond donors (Lipinski definition) is 1. The predicted molar refractivity (Wildman–Crippen MR) is 80.4 cm³/mol. The minimum atomic E-state index is -0.891. The van der Waals surface area contributed by atoms with E-state index in [1.165, 1.54) is 12.1 Å². The van der Waals surface area contributed by atoms with Crippen LogP contribution in [0.5, 0.6) is 5.75 Å². The fourth-order valence-electron chi connectivity index (χ4n) is 3.28. The smallest absolute Gasteiger partial charge is 0.200 e. The van der Waals surface area contributed by atoms with Gasteiger partial charge in [0.15, 0.2) is 11.6 Å². The van der Waals surface area contributed by atoms with E-state index < -0.39 is 11.6 Å². The van der Waals surface area contributed by atoms with Gasteiger partial charge in [-0.3, -0.25) is 0 Å². The summed E-state index contributed by atoms with van der Waals surface area (Å²) in [6.45, 7) is 7.38. The van der Waals surface area contributed by atoms with E-state index in [1.807, 2.05) is 0 Å². The van der Waals surface area contributed by atoms with Gasteiger partial charge in [0.25, 0.3) is 0 Å². The van der Waals surface area contributed by atoms with Crippen molar-refractivity contribution >= 4 is 0 Å². The molecule has 4 heteroatoms. The minimum absolute atomic E-state index is 0.0182. The summed E-state index contributed by atoms with van der Waals surface area (Å²) in [4.78, 5) is 0. The molecule has 118 valence electrons. The average molecular weight is 297 g/mol. The highest BCUT2D eigenvalue weighted by atomic mass is 19.2. The Bertz CT molecular complexity index is 466. The molecular weight excluding hydrogens is 272 g/mol. The molecule has 1 aliphatic rings. The van der Waals surface area contributed by atoms with Crippen molar-refractivity contribution in [1.29, 1.82) is 0 Å². The molecule has 21 heavy (non-hydrogen) atoms. The van der Waals surface area contributed by atoms with Crippen LogP contribution in [-0.2, 0) is 0 Å². The van der Waals surface area contributed by atoms with E-state index in [-0.39, 0.29) is 17.9 Å². The highest BCUT2D eigenvalue weighted by molar-refractivity contribution is 5.25. The molecule has 1 aliphatic carbocycles. The van der Waals surface area contributed by atoms with Crippen molar-refractivity contribution in [2.75, 3.05) is 6.54 Å². The van der Waals surface area contributed by atoms with Gasteiger partial charge in [0, 0.05) is 6.04 Å². The Kier molecular flexibility index (Phi) is 5.57. The normalized spacial score (nSPS) is 29.4. The van der Waals surface area contributed by atoms with Crippen LogP contribution >= 0.6 is 0 Å². The van der Waals surface area contributed by atoms with Crippen LogP contribution in [0, 0.1) is 23.5 Å². The summed E-state index contributed by atoms with van der Waals surface area (Å²) in [5.74, 6) is -0.804. The van der Waals surface area contributed by atoms with Gasteiger partial charge in [-0.15, -0.1) is 0 Å². The third kappa shape index (κ3) is 3.94. The zero-order valence-corrected chi connectivity index (χ0v) is 13.0. The van der Waals surface area contributed by atoms with Gasteiger partial charge in [0.1, 0.15) is 6.10 Å². The van der Waals surface area contributed by atoms with Crippen molar-refractivity contribution < 1.29 is 13.5 Å². The summed E-state index contributed by atoms with van der Waals surface area (Å²) < 4.78 is 33.0. The van der Waals surface area contributed by atoms with E-state index in [9.17, 15) is 8.78 Å². The summed E-state index contributed by atoms with van der Waals surface area (Å²) in [6.07, 6.45) is 2.97. The van der Waals surface area contributed by atoms with Gasteiger partial charge in [-0.2, -0.15) is 4.39 Å². The lowest BCUT2D eigenvalue weighted by Gasteiger charge is -2.40. The first-order chi connectivity index (χ1) is 10.0. The highest BCUT2D eigenvalue weighted by Gasteiger charge is 2.35. The molecule has 1 saturated carbocycles. The van der Waals surface area contributed by atoms with Gasteiger partial charge >= 0.3 is 0 Å². The van der Waals surface area contributed by atoms with Crippen LogP contribution in [-0.4, -0.2) is 18.7 Å². The largest absolute Gasteiger partial charge is 0.485 e. The highest BCUT2D eigenvalue weighted by Crippen LogP contribution is 2.33. The molecule has 0 amide bonds. The molecule has 0 spiro atoms. The maximum absolute atomic E-state index is 13.8. The molecule has 4 unspecified atom stereocenters. The zero-order valence-electron chi connectivity index (χ0n) is 13.0. The third-order valence-corrected chi connectivity index (χ3v) is 4.22. The number of nitrogens with one attached hydrogen (secondary N) is 1. The van der Waals surface area contributed by atoms with Crippen LogP contribution in [0.4, 0.5) is 8.78 Å². The van der Waals surface area contributed by atoms with Gasteiger partial charge in [-0.05, 0) is 49.8 Å². The van der Waals surface area contributed by atoms with Crippen LogP contribution in [0.3, 0.4) is 0 Å². The lowest BCUT2D eigenvalue weighted by atomic mass is 9.78. The standard InChI is InChI=1S/C17H25F2NO/c1-4-8-20-14-10-11(2)9-12(3)17(14)21-15-7-5-6-13(18)16(15)19/h5-7,11-12,14,17,20H,4,8-10H2,1-3H3. The summed E-state index contributed by atoms with van der Waals surface area (Å²) in [5.41, 5.74) is 0. The lowest BCUT2D eigenvalue weighted by molar-refractivity contribution is 0.0443. The van der Waals surface area contributed by atoms with Crippen LogP contribution in [0.2, 0.25) is 0 Å². The molecule has 0 saturated heterocycles. The van der Waals surface area contributed by atoms with Crippen molar-refractivity contribution in [3.05, 3.63) is 29.8 Å². The Morgan fingerprint density at radius 2 is 2.00 bits per heavy atom. The van der Waals surface area contributed by atoms with Crippen molar-refractivity contribution in [1.82, 2.24) is 5.32 Å². The SMILES string of the molecule is CCCNC1CC(C)CC(C)C1Oc1cccc(F)c1F. The van der Waals surface area contributed by atoms with Gasteiger partial charge in [0.05, 0.1) is 0 Å². The second-order valence-electron chi connectivity index (χ2n) is 6.25. The molecule has 2 nitrogen and oxygen atoms in total. The summed E-state index contributed by atoms with van der Waals surface area (Å²) >= 11 is 0. The molecule has 1 fully saturated rings. The van der Waals surface area contributed by atoms with Crippen LogP contribution < -0.4 is 10.1 Å². The first-order valence-electron chi connectivity index (χ1n) is 7.87. The monoisotopic (exact) mass is 297 g/mol. The molecule has 0 aliphatic heterocycles. The number of ether oxygens (including phenoxy) is 1. The molecule has 1 aromatic carbocycles. The topological polar surface area (TPSA) is 21.3 Å². The first-order valence-corrected chi connectivity index (χ1v) is 7.87. The van der Waals surface area contributed by atoms with E-state index in [4.69, 9.17) is 4.74 Å². The molecular formula is C17H25F2NO. The number of halogens is 2. The lowest BCUT2D eigenvalue weighted by Crippen LogP contribution is -2.51. The van der Waals surface area contributed by atoms with Gasteiger partial charge in [-0.1, -0.05) is 26.8 Å². The first kappa shape index (κ1) is 16.2. The third-order valence-electron chi connectivity index (χ3n) is 4.22. The second-order valence-corrected chi connectivity index (χ2v) is 6.25. The number of rotatable bonds is 5. The Morgan fingerprint density at radius 3 is 2.71 bits per heavy atom. The van der Waals surface area contributed by atoms with Crippen LogP contribution in [0.15, 0.2) is 18.2 Å². The van der Waals surface area contributed by atoms with Gasteiger partial charge in [0.2, 0.25) is 5.82 Å². The maximum Gasteiger partial charge on any atom is 0.200 e. The van der Waals surface area contributed by atoms with Gasteiger partial charge < -0.3 is 10.1 Å². The van der Waals surface area contributed by atoms with E-state index in [0.29, 0.717) is 11.8 Å². The molecule has 0 aromatic heterocycles. The van der Waals surface area contributed by atoms with Crippen molar-refractivity contribution in [3.63, 3.8) is 0 Å².